The second kappa shape index (κ2) is 7.46. The molecule has 0 aliphatic carbocycles. The fourth-order valence-corrected chi connectivity index (χ4v) is 2.68. The Morgan fingerprint density at radius 3 is 2.73 bits per heavy atom. The summed E-state index contributed by atoms with van der Waals surface area (Å²) in [5, 5.41) is 8.22. The van der Waals surface area contributed by atoms with Gasteiger partial charge in [-0.15, -0.1) is 5.92 Å². The number of aromatic nitrogens is 4. The highest BCUT2D eigenvalue weighted by atomic mass is 35.5. The van der Waals surface area contributed by atoms with Gasteiger partial charge in [0.2, 0.25) is 0 Å². The number of halogens is 1. The van der Waals surface area contributed by atoms with E-state index in [4.69, 9.17) is 16.3 Å². The van der Waals surface area contributed by atoms with Gasteiger partial charge in [-0.3, -0.25) is 0 Å². The van der Waals surface area contributed by atoms with Crippen molar-refractivity contribution in [2.45, 2.75) is 20.5 Å². The first kappa shape index (κ1) is 17.8. The molecule has 0 amide bonds. The summed E-state index contributed by atoms with van der Waals surface area (Å²) < 4.78 is 8.33. The van der Waals surface area contributed by atoms with Crippen molar-refractivity contribution in [2.24, 2.45) is 7.05 Å². The van der Waals surface area contributed by atoms with Crippen molar-refractivity contribution in [3.05, 3.63) is 68.6 Å². The van der Waals surface area contributed by atoms with Crippen LogP contribution in [-0.4, -0.2) is 19.8 Å². The third-order valence-electron chi connectivity index (χ3n) is 3.82. The van der Waals surface area contributed by atoms with Gasteiger partial charge in [-0.2, -0.15) is 9.36 Å². The molecule has 3 rings (SSSR count). The zero-order valence-electron chi connectivity index (χ0n) is 14.7. The Bertz CT molecular complexity index is 1070. The van der Waals surface area contributed by atoms with Crippen molar-refractivity contribution >= 4 is 11.6 Å². The van der Waals surface area contributed by atoms with Crippen molar-refractivity contribution in [3.8, 4) is 23.3 Å². The Morgan fingerprint density at radius 2 is 2.04 bits per heavy atom. The van der Waals surface area contributed by atoms with E-state index >= 15 is 0 Å². The van der Waals surface area contributed by atoms with E-state index in [9.17, 15) is 4.79 Å². The fourth-order valence-electron chi connectivity index (χ4n) is 2.51. The lowest BCUT2D eigenvalue weighted by Crippen LogP contribution is -2.23. The number of ether oxygens (including phenoxy) is 1. The molecular formula is C19H17ClN4O2. The Labute approximate surface area is 156 Å². The van der Waals surface area contributed by atoms with Gasteiger partial charge in [0.05, 0.1) is 10.7 Å². The minimum absolute atomic E-state index is 0.187. The van der Waals surface area contributed by atoms with Crippen LogP contribution >= 0.6 is 11.6 Å². The predicted octanol–water partition coefficient (Wildman–Crippen LogP) is 2.88. The summed E-state index contributed by atoms with van der Waals surface area (Å²) in [4.78, 5) is 12.3. The lowest BCUT2D eigenvalue weighted by molar-refractivity contribution is 0.305. The molecule has 0 spiro atoms. The van der Waals surface area contributed by atoms with E-state index in [-0.39, 0.29) is 12.3 Å². The lowest BCUT2D eigenvalue weighted by atomic mass is 10.1. The number of tetrazole rings is 1. The van der Waals surface area contributed by atoms with Crippen molar-refractivity contribution in [1.82, 2.24) is 19.8 Å². The topological polar surface area (TPSA) is 61.9 Å². The molecule has 0 aliphatic rings. The first-order chi connectivity index (χ1) is 12.5. The molecule has 0 N–H and O–H groups in total. The number of benzene rings is 2. The van der Waals surface area contributed by atoms with Gasteiger partial charge in [0, 0.05) is 18.2 Å². The maximum Gasteiger partial charge on any atom is 0.368 e. The standard InChI is InChI=1S/C19H17ClN4O2/c1-4-6-14-7-5-8-17(24-19(25)23(3)21-22-24)15(14)12-26-18-11-13(2)9-10-16(18)20/h5,7-11H,12H2,1-3H3. The Hall–Kier alpha value is -3.04. The molecule has 6 nitrogen and oxygen atoms in total. The molecule has 1 aromatic heterocycles. The normalized spacial score (nSPS) is 10.3. The number of aryl methyl sites for hydroxylation is 2. The van der Waals surface area contributed by atoms with E-state index < -0.39 is 0 Å². The summed E-state index contributed by atoms with van der Waals surface area (Å²) in [6.45, 7) is 3.90. The molecule has 2 aromatic carbocycles. The minimum Gasteiger partial charge on any atom is -0.487 e. The summed E-state index contributed by atoms with van der Waals surface area (Å²) in [5.41, 5.74) is 2.76. The van der Waals surface area contributed by atoms with Crippen LogP contribution in [0.1, 0.15) is 23.6 Å². The lowest BCUT2D eigenvalue weighted by Gasteiger charge is -2.13. The van der Waals surface area contributed by atoms with Crippen molar-refractivity contribution in [1.29, 1.82) is 0 Å². The van der Waals surface area contributed by atoms with Crippen molar-refractivity contribution < 1.29 is 4.74 Å². The molecule has 0 fully saturated rings. The number of hydrogen-bond donors (Lipinski definition) is 0. The summed E-state index contributed by atoms with van der Waals surface area (Å²) >= 11 is 6.21. The maximum absolute atomic E-state index is 12.3. The SMILES string of the molecule is CC#Cc1cccc(-n2nnn(C)c2=O)c1COc1cc(C)ccc1Cl. The van der Waals surface area contributed by atoms with Crippen LogP contribution in [0.3, 0.4) is 0 Å². The van der Waals surface area contributed by atoms with E-state index in [1.165, 1.54) is 9.36 Å². The molecule has 3 aromatic rings. The van der Waals surface area contributed by atoms with Gasteiger partial charge in [-0.25, -0.2) is 4.79 Å². The van der Waals surface area contributed by atoms with Crippen LogP contribution in [0.5, 0.6) is 5.75 Å². The Balaban J connectivity index is 2.06. The quantitative estimate of drug-likeness (QED) is 0.664. The van der Waals surface area contributed by atoms with E-state index in [1.54, 1.807) is 26.1 Å². The summed E-state index contributed by atoms with van der Waals surface area (Å²) in [6.07, 6.45) is 0. The number of rotatable bonds is 4. The highest BCUT2D eigenvalue weighted by molar-refractivity contribution is 6.32. The van der Waals surface area contributed by atoms with Crippen LogP contribution in [-0.2, 0) is 13.7 Å². The average Bonchev–Trinajstić information content (AvgIpc) is 2.95. The third kappa shape index (κ3) is 3.48. The molecule has 0 atom stereocenters. The van der Waals surface area contributed by atoms with Crippen molar-refractivity contribution in [3.63, 3.8) is 0 Å². The molecule has 132 valence electrons. The number of nitrogens with zero attached hydrogens (tertiary/aromatic N) is 4. The molecule has 1 heterocycles. The first-order valence-electron chi connectivity index (χ1n) is 7.94. The van der Waals surface area contributed by atoms with Gasteiger partial charge in [0.15, 0.2) is 0 Å². The van der Waals surface area contributed by atoms with Gasteiger partial charge in [-0.1, -0.05) is 29.7 Å². The molecular weight excluding hydrogens is 352 g/mol. The summed E-state index contributed by atoms with van der Waals surface area (Å²) in [6, 6.07) is 11.0. The van der Waals surface area contributed by atoms with E-state index in [2.05, 4.69) is 22.3 Å². The van der Waals surface area contributed by atoms with Crippen LogP contribution in [0, 0.1) is 18.8 Å². The van der Waals surface area contributed by atoms with E-state index in [0.717, 1.165) is 16.7 Å². The molecule has 7 heteroatoms. The van der Waals surface area contributed by atoms with Gasteiger partial charge in [0.1, 0.15) is 12.4 Å². The minimum atomic E-state index is -0.346. The van der Waals surface area contributed by atoms with Gasteiger partial charge in [0.25, 0.3) is 0 Å². The molecule has 0 aliphatic heterocycles. The molecule has 0 unspecified atom stereocenters. The number of hydrogen-bond acceptors (Lipinski definition) is 4. The first-order valence-corrected chi connectivity index (χ1v) is 8.32. The Morgan fingerprint density at radius 1 is 1.23 bits per heavy atom. The highest BCUT2D eigenvalue weighted by Crippen LogP contribution is 2.27. The molecule has 0 saturated heterocycles. The smallest absolute Gasteiger partial charge is 0.368 e. The van der Waals surface area contributed by atoms with Gasteiger partial charge in [-0.05, 0) is 54.1 Å². The van der Waals surface area contributed by atoms with Crippen LogP contribution in [0.4, 0.5) is 0 Å². The van der Waals surface area contributed by atoms with Crippen molar-refractivity contribution in [2.75, 3.05) is 0 Å². The second-order valence-corrected chi connectivity index (χ2v) is 6.10. The summed E-state index contributed by atoms with van der Waals surface area (Å²) in [5.74, 6) is 6.50. The second-order valence-electron chi connectivity index (χ2n) is 5.70. The van der Waals surface area contributed by atoms with Crippen LogP contribution in [0.2, 0.25) is 5.02 Å². The third-order valence-corrected chi connectivity index (χ3v) is 4.13. The fraction of sp³-hybridized carbons (Fsp3) is 0.211. The summed E-state index contributed by atoms with van der Waals surface area (Å²) in [7, 11) is 1.55. The highest BCUT2D eigenvalue weighted by Gasteiger charge is 2.15. The Kier molecular flexibility index (Phi) is 5.10. The average molecular weight is 369 g/mol. The van der Waals surface area contributed by atoms with Crippen LogP contribution in [0.25, 0.3) is 5.69 Å². The molecule has 0 bridgehead atoms. The molecule has 26 heavy (non-hydrogen) atoms. The monoisotopic (exact) mass is 368 g/mol. The zero-order chi connectivity index (χ0) is 18.7. The predicted molar refractivity (Wildman–Crippen MR) is 99.7 cm³/mol. The molecule has 0 radical (unpaired) electrons. The van der Waals surface area contributed by atoms with E-state index in [1.807, 2.05) is 31.2 Å². The van der Waals surface area contributed by atoms with E-state index in [0.29, 0.717) is 16.5 Å². The zero-order valence-corrected chi connectivity index (χ0v) is 15.4. The molecule has 0 saturated carbocycles. The van der Waals surface area contributed by atoms with Gasteiger partial charge < -0.3 is 4.74 Å². The largest absolute Gasteiger partial charge is 0.487 e. The van der Waals surface area contributed by atoms with Gasteiger partial charge >= 0.3 is 5.69 Å². The van der Waals surface area contributed by atoms with Crippen LogP contribution in [0.15, 0.2) is 41.2 Å². The maximum atomic E-state index is 12.3. The van der Waals surface area contributed by atoms with Crippen LogP contribution < -0.4 is 10.4 Å².